The lowest BCUT2D eigenvalue weighted by atomic mass is 10.4. The van der Waals surface area contributed by atoms with Crippen LogP contribution < -0.4 is 0 Å². The molecule has 0 rings (SSSR count). The van der Waals surface area contributed by atoms with Crippen molar-refractivity contribution in [3.8, 4) is 0 Å². The van der Waals surface area contributed by atoms with Crippen molar-refractivity contribution in [2.45, 2.75) is 20.8 Å². The minimum absolute atomic E-state index is 0.163. The van der Waals surface area contributed by atoms with Gasteiger partial charge in [-0.25, -0.2) is 4.79 Å². The Morgan fingerprint density at radius 3 is 2.20 bits per heavy atom. The van der Waals surface area contributed by atoms with E-state index in [0.29, 0.717) is 13.1 Å². The van der Waals surface area contributed by atoms with Gasteiger partial charge < -0.3 is 14.7 Å². The standard InChI is InChI=1S/C10H17NO4/c1-4-11(5-2)9(13)7-8(12)10(14)15-6-3/h7,12H,4-6H2,1-3H3/b8-7-. The van der Waals surface area contributed by atoms with Crippen LogP contribution in [-0.4, -0.2) is 41.6 Å². The van der Waals surface area contributed by atoms with Crippen LogP contribution in [-0.2, 0) is 14.3 Å². The molecular formula is C10H17NO4. The number of carbonyl (C=O) groups excluding carboxylic acids is 2. The van der Waals surface area contributed by atoms with Crippen molar-refractivity contribution in [1.82, 2.24) is 4.90 Å². The maximum absolute atomic E-state index is 11.4. The fourth-order valence-electron chi connectivity index (χ4n) is 1.01. The number of amides is 1. The van der Waals surface area contributed by atoms with E-state index >= 15 is 0 Å². The predicted molar refractivity (Wildman–Crippen MR) is 55.3 cm³/mol. The zero-order chi connectivity index (χ0) is 11.8. The minimum atomic E-state index is -0.877. The maximum Gasteiger partial charge on any atom is 0.373 e. The second-order valence-electron chi connectivity index (χ2n) is 2.76. The van der Waals surface area contributed by atoms with Crippen LogP contribution in [0.4, 0.5) is 0 Å². The molecular weight excluding hydrogens is 198 g/mol. The van der Waals surface area contributed by atoms with Crippen molar-refractivity contribution in [3.05, 3.63) is 11.8 Å². The first-order valence-corrected chi connectivity index (χ1v) is 4.93. The van der Waals surface area contributed by atoms with Crippen molar-refractivity contribution in [1.29, 1.82) is 0 Å². The van der Waals surface area contributed by atoms with Gasteiger partial charge in [-0.05, 0) is 20.8 Å². The van der Waals surface area contributed by atoms with Gasteiger partial charge in [0.25, 0.3) is 5.91 Å². The Balaban J connectivity index is 4.46. The first kappa shape index (κ1) is 13.5. The summed E-state index contributed by atoms with van der Waals surface area (Å²) in [5, 5.41) is 9.20. The second-order valence-corrected chi connectivity index (χ2v) is 2.76. The van der Waals surface area contributed by atoms with Crippen molar-refractivity contribution in [2.75, 3.05) is 19.7 Å². The van der Waals surface area contributed by atoms with Crippen LogP contribution in [0.25, 0.3) is 0 Å². The van der Waals surface area contributed by atoms with Crippen LogP contribution in [0.3, 0.4) is 0 Å². The van der Waals surface area contributed by atoms with E-state index in [1.807, 2.05) is 13.8 Å². The Labute approximate surface area is 89.3 Å². The lowest BCUT2D eigenvalue weighted by molar-refractivity contribution is -0.142. The lowest BCUT2D eigenvalue weighted by Gasteiger charge is -2.16. The van der Waals surface area contributed by atoms with Gasteiger partial charge in [-0.1, -0.05) is 0 Å². The fourth-order valence-corrected chi connectivity index (χ4v) is 1.01. The average Bonchev–Trinajstić information content (AvgIpc) is 2.19. The third kappa shape index (κ3) is 4.49. The van der Waals surface area contributed by atoms with Gasteiger partial charge in [0.15, 0.2) is 0 Å². The molecule has 0 aliphatic rings. The van der Waals surface area contributed by atoms with Gasteiger partial charge >= 0.3 is 5.97 Å². The van der Waals surface area contributed by atoms with Crippen molar-refractivity contribution < 1.29 is 19.4 Å². The van der Waals surface area contributed by atoms with Gasteiger partial charge in [-0.3, -0.25) is 4.79 Å². The summed E-state index contributed by atoms with van der Waals surface area (Å²) in [6.07, 6.45) is 0.880. The Morgan fingerprint density at radius 1 is 1.27 bits per heavy atom. The summed E-state index contributed by atoms with van der Waals surface area (Å²) in [5.41, 5.74) is 0. The third-order valence-corrected chi connectivity index (χ3v) is 1.82. The molecule has 0 aromatic carbocycles. The number of aliphatic hydroxyl groups is 1. The van der Waals surface area contributed by atoms with E-state index in [0.717, 1.165) is 6.08 Å². The highest BCUT2D eigenvalue weighted by Gasteiger charge is 2.13. The third-order valence-electron chi connectivity index (χ3n) is 1.82. The van der Waals surface area contributed by atoms with Gasteiger partial charge in [0.2, 0.25) is 5.76 Å². The summed E-state index contributed by atoms with van der Waals surface area (Å²) < 4.78 is 4.52. The molecule has 86 valence electrons. The summed E-state index contributed by atoms with van der Waals surface area (Å²) in [6, 6.07) is 0. The zero-order valence-electron chi connectivity index (χ0n) is 9.32. The van der Waals surface area contributed by atoms with Crippen LogP contribution in [0, 0.1) is 0 Å². The molecule has 1 amide bonds. The Morgan fingerprint density at radius 2 is 1.80 bits per heavy atom. The molecule has 5 nitrogen and oxygen atoms in total. The minimum Gasteiger partial charge on any atom is -0.502 e. The molecule has 0 saturated carbocycles. The molecule has 0 unspecified atom stereocenters. The van der Waals surface area contributed by atoms with E-state index < -0.39 is 17.6 Å². The largest absolute Gasteiger partial charge is 0.502 e. The molecule has 0 heterocycles. The molecule has 0 spiro atoms. The van der Waals surface area contributed by atoms with Gasteiger partial charge in [0.1, 0.15) is 0 Å². The van der Waals surface area contributed by atoms with E-state index in [9.17, 15) is 14.7 Å². The van der Waals surface area contributed by atoms with E-state index in [4.69, 9.17) is 0 Å². The number of likely N-dealkylation sites (N-methyl/N-ethyl adjacent to an activating group) is 1. The van der Waals surface area contributed by atoms with Crippen LogP contribution >= 0.6 is 0 Å². The smallest absolute Gasteiger partial charge is 0.373 e. The predicted octanol–water partition coefficient (Wildman–Crippen LogP) is 0.860. The number of rotatable bonds is 5. The highest BCUT2D eigenvalue weighted by Crippen LogP contribution is 1.97. The van der Waals surface area contributed by atoms with E-state index in [-0.39, 0.29) is 6.61 Å². The number of hydrogen-bond donors (Lipinski definition) is 1. The van der Waals surface area contributed by atoms with E-state index in [1.54, 1.807) is 6.92 Å². The fraction of sp³-hybridized carbons (Fsp3) is 0.600. The second kappa shape index (κ2) is 6.86. The Kier molecular flexibility index (Phi) is 6.17. The Hall–Kier alpha value is -1.52. The van der Waals surface area contributed by atoms with Crippen molar-refractivity contribution in [2.24, 2.45) is 0 Å². The van der Waals surface area contributed by atoms with Gasteiger partial charge in [-0.15, -0.1) is 0 Å². The molecule has 0 bridgehead atoms. The van der Waals surface area contributed by atoms with E-state index in [2.05, 4.69) is 4.74 Å². The number of hydrogen-bond acceptors (Lipinski definition) is 4. The molecule has 0 atom stereocenters. The lowest BCUT2D eigenvalue weighted by Crippen LogP contribution is -2.29. The summed E-state index contributed by atoms with van der Waals surface area (Å²) in [5.74, 6) is -1.93. The summed E-state index contributed by atoms with van der Waals surface area (Å²) in [6.45, 7) is 6.48. The van der Waals surface area contributed by atoms with Gasteiger partial charge in [0.05, 0.1) is 12.7 Å². The molecule has 15 heavy (non-hydrogen) atoms. The highest BCUT2D eigenvalue weighted by molar-refractivity contribution is 5.96. The summed E-state index contributed by atoms with van der Waals surface area (Å²) in [7, 11) is 0. The number of esters is 1. The van der Waals surface area contributed by atoms with E-state index in [1.165, 1.54) is 4.90 Å². The van der Waals surface area contributed by atoms with Crippen LogP contribution in [0.2, 0.25) is 0 Å². The first-order valence-electron chi connectivity index (χ1n) is 4.93. The number of aliphatic hydroxyl groups excluding tert-OH is 1. The van der Waals surface area contributed by atoms with Gasteiger partial charge in [0, 0.05) is 13.1 Å². The number of ether oxygens (including phenoxy) is 1. The Bertz CT molecular complexity index is 256. The van der Waals surface area contributed by atoms with Gasteiger partial charge in [-0.2, -0.15) is 0 Å². The molecule has 0 aromatic rings. The topological polar surface area (TPSA) is 66.8 Å². The normalized spacial score (nSPS) is 11.0. The zero-order valence-corrected chi connectivity index (χ0v) is 9.32. The number of carbonyl (C=O) groups is 2. The molecule has 0 radical (unpaired) electrons. The quantitative estimate of drug-likeness (QED) is 0.419. The summed E-state index contributed by atoms with van der Waals surface area (Å²) in [4.78, 5) is 23.9. The van der Waals surface area contributed by atoms with Crippen molar-refractivity contribution in [3.63, 3.8) is 0 Å². The molecule has 0 aliphatic heterocycles. The summed E-state index contributed by atoms with van der Waals surface area (Å²) >= 11 is 0. The SMILES string of the molecule is CCOC(=O)/C(O)=C/C(=O)N(CC)CC. The maximum atomic E-state index is 11.4. The van der Waals surface area contributed by atoms with Crippen LogP contribution in [0.1, 0.15) is 20.8 Å². The molecule has 0 aromatic heterocycles. The molecule has 0 saturated heterocycles. The molecule has 1 N–H and O–H groups in total. The molecule has 0 fully saturated rings. The monoisotopic (exact) mass is 215 g/mol. The highest BCUT2D eigenvalue weighted by atomic mass is 16.5. The molecule has 0 aliphatic carbocycles. The average molecular weight is 215 g/mol. The number of nitrogens with zero attached hydrogens (tertiary/aromatic N) is 1. The van der Waals surface area contributed by atoms with Crippen molar-refractivity contribution >= 4 is 11.9 Å². The molecule has 5 heteroatoms. The van der Waals surface area contributed by atoms with Crippen LogP contribution in [0.15, 0.2) is 11.8 Å². The van der Waals surface area contributed by atoms with Crippen LogP contribution in [0.5, 0.6) is 0 Å². The first-order chi connectivity index (χ1) is 7.06.